The van der Waals surface area contributed by atoms with Gasteiger partial charge in [-0.25, -0.2) is 9.78 Å². The second kappa shape index (κ2) is 14.6. The Morgan fingerprint density at radius 1 is 1.04 bits per heavy atom. The minimum atomic E-state index is -0.694. The van der Waals surface area contributed by atoms with Gasteiger partial charge >= 0.3 is 6.09 Å². The van der Waals surface area contributed by atoms with E-state index in [1.165, 1.54) is 25.4 Å². The highest BCUT2D eigenvalue weighted by Gasteiger charge is 2.29. The molecule has 0 unspecified atom stereocenters. The zero-order valence-corrected chi connectivity index (χ0v) is 28.5. The van der Waals surface area contributed by atoms with Crippen LogP contribution in [0, 0.1) is 13.8 Å². The van der Waals surface area contributed by atoms with Crippen LogP contribution in [0.2, 0.25) is 0 Å². The van der Waals surface area contributed by atoms with Crippen LogP contribution in [0.1, 0.15) is 71.1 Å². The molecule has 0 spiro atoms. The first-order valence-corrected chi connectivity index (χ1v) is 16.0. The summed E-state index contributed by atoms with van der Waals surface area (Å²) in [5.74, 6) is -0.111. The summed E-state index contributed by atoms with van der Waals surface area (Å²) in [5.41, 5.74) is 5.75. The molecule has 1 fully saturated rings. The summed E-state index contributed by atoms with van der Waals surface area (Å²) in [6, 6.07) is 14.0. The molecule has 12 nitrogen and oxygen atoms in total. The van der Waals surface area contributed by atoms with E-state index in [4.69, 9.17) is 14.5 Å². The molecule has 1 aromatic carbocycles. The quantitative estimate of drug-likeness (QED) is 0.197. The number of carbonyl (C=O) groups excluding carboxylic acids is 4. The van der Waals surface area contributed by atoms with Crippen LogP contribution < -0.4 is 15.4 Å². The molecule has 0 aliphatic carbocycles. The van der Waals surface area contributed by atoms with Crippen LogP contribution in [0.5, 0.6) is 5.88 Å². The fourth-order valence-electron chi connectivity index (χ4n) is 5.68. The summed E-state index contributed by atoms with van der Waals surface area (Å²) in [6.07, 6.45) is 4.36. The molecule has 3 amide bonds. The average molecular weight is 665 g/mol. The van der Waals surface area contributed by atoms with Gasteiger partial charge in [0.1, 0.15) is 17.6 Å². The molecule has 1 atom stereocenters. The summed E-state index contributed by atoms with van der Waals surface area (Å²) in [7, 11) is 1.53. The number of anilines is 1. The molecule has 254 valence electrons. The highest BCUT2D eigenvalue weighted by molar-refractivity contribution is 6.04. The van der Waals surface area contributed by atoms with Gasteiger partial charge in [0, 0.05) is 59.3 Å². The third-order valence-electron chi connectivity index (χ3n) is 8.14. The number of ether oxygens (including phenoxy) is 2. The van der Waals surface area contributed by atoms with Gasteiger partial charge in [0.05, 0.1) is 25.0 Å². The second-order valence-corrected chi connectivity index (χ2v) is 12.9. The number of hydrogen-bond donors (Lipinski definition) is 2. The van der Waals surface area contributed by atoms with Gasteiger partial charge in [-0.05, 0) is 88.6 Å². The molecule has 5 rings (SSSR count). The predicted octanol–water partition coefficient (Wildman–Crippen LogP) is 5.91. The molecule has 4 aromatic rings. The monoisotopic (exact) mass is 664 g/mol. The van der Waals surface area contributed by atoms with Crippen molar-refractivity contribution in [2.24, 2.45) is 0 Å². The lowest BCUT2D eigenvalue weighted by molar-refractivity contribution is -0.119. The standard InChI is InChI=1S/C37H40N6O6/c1-22-28(8-7-9-29(22)41-34(46)31-18-24(21-44)14-16-38-31)33-23(2)27(15-17-39-33)30-12-10-25(35(42-30)48-6)19-43(36(47)49-37(3,4)5)20-26-11-13-32(45)40-26/h7-10,12,14-18,21,26H,11,13,19-20H2,1-6H3,(H,40,45)(H,41,46)/t26-/m0/s1. The van der Waals surface area contributed by atoms with E-state index in [0.717, 1.165) is 22.3 Å². The maximum Gasteiger partial charge on any atom is 0.410 e. The number of nitrogens with zero attached hydrogens (tertiary/aromatic N) is 4. The molecular weight excluding hydrogens is 624 g/mol. The van der Waals surface area contributed by atoms with Crippen LogP contribution in [0.3, 0.4) is 0 Å². The Labute approximate surface area is 285 Å². The number of hydrogen-bond acceptors (Lipinski definition) is 9. The third kappa shape index (κ3) is 8.26. The van der Waals surface area contributed by atoms with Gasteiger partial charge < -0.3 is 25.0 Å². The van der Waals surface area contributed by atoms with E-state index in [1.54, 1.807) is 17.2 Å². The van der Waals surface area contributed by atoms with Crippen LogP contribution in [-0.4, -0.2) is 69.3 Å². The van der Waals surface area contributed by atoms with Crippen molar-refractivity contribution in [3.8, 4) is 28.4 Å². The minimum absolute atomic E-state index is 0.0323. The number of aromatic nitrogens is 3. The predicted molar refractivity (Wildman–Crippen MR) is 184 cm³/mol. The average Bonchev–Trinajstić information content (AvgIpc) is 3.49. The number of aldehydes is 1. The number of methoxy groups -OCH3 is 1. The van der Waals surface area contributed by atoms with Crippen molar-refractivity contribution in [2.45, 2.75) is 65.6 Å². The number of benzene rings is 1. The van der Waals surface area contributed by atoms with Gasteiger partial charge in [-0.1, -0.05) is 12.1 Å². The van der Waals surface area contributed by atoms with Gasteiger partial charge in [-0.2, -0.15) is 0 Å². The molecule has 1 aliphatic rings. The fourth-order valence-corrected chi connectivity index (χ4v) is 5.68. The van der Waals surface area contributed by atoms with Crippen LogP contribution in [0.25, 0.3) is 22.5 Å². The van der Waals surface area contributed by atoms with Crippen molar-refractivity contribution >= 4 is 29.9 Å². The van der Waals surface area contributed by atoms with Gasteiger partial charge in [0.25, 0.3) is 5.91 Å². The Kier molecular flexibility index (Phi) is 10.4. The van der Waals surface area contributed by atoms with Crippen molar-refractivity contribution in [2.75, 3.05) is 19.0 Å². The Hall–Kier alpha value is -5.65. The SMILES string of the molecule is COc1nc(-c2ccnc(-c3cccc(NC(=O)c4cc(C=O)ccn4)c3C)c2C)ccc1CN(C[C@@H]1CCC(=O)N1)C(=O)OC(C)(C)C. The number of amides is 3. The van der Waals surface area contributed by atoms with Crippen LogP contribution in [-0.2, 0) is 16.1 Å². The smallest absolute Gasteiger partial charge is 0.410 e. The molecular formula is C37H40N6O6. The topological polar surface area (TPSA) is 153 Å². The van der Waals surface area contributed by atoms with Gasteiger partial charge in [0.2, 0.25) is 11.8 Å². The van der Waals surface area contributed by atoms with E-state index in [-0.39, 0.29) is 24.2 Å². The molecule has 3 aromatic heterocycles. The molecule has 0 saturated carbocycles. The number of pyridine rings is 3. The van der Waals surface area contributed by atoms with Crippen molar-refractivity contribution in [3.63, 3.8) is 0 Å². The van der Waals surface area contributed by atoms with Crippen molar-refractivity contribution in [1.82, 2.24) is 25.2 Å². The molecule has 1 saturated heterocycles. The first-order valence-electron chi connectivity index (χ1n) is 16.0. The second-order valence-electron chi connectivity index (χ2n) is 12.9. The zero-order valence-electron chi connectivity index (χ0n) is 28.5. The molecule has 2 N–H and O–H groups in total. The summed E-state index contributed by atoms with van der Waals surface area (Å²) >= 11 is 0. The maximum atomic E-state index is 13.2. The lowest BCUT2D eigenvalue weighted by Crippen LogP contribution is -2.43. The highest BCUT2D eigenvalue weighted by atomic mass is 16.6. The van der Waals surface area contributed by atoms with E-state index in [2.05, 4.69) is 20.6 Å². The Morgan fingerprint density at radius 2 is 1.82 bits per heavy atom. The van der Waals surface area contributed by atoms with E-state index in [0.29, 0.717) is 59.8 Å². The van der Waals surface area contributed by atoms with Gasteiger partial charge in [-0.15, -0.1) is 0 Å². The van der Waals surface area contributed by atoms with Crippen molar-refractivity contribution < 1.29 is 28.7 Å². The molecule has 1 aliphatic heterocycles. The summed E-state index contributed by atoms with van der Waals surface area (Å²) < 4.78 is 11.4. The lowest BCUT2D eigenvalue weighted by atomic mass is 9.96. The van der Waals surface area contributed by atoms with Crippen molar-refractivity contribution in [1.29, 1.82) is 0 Å². The maximum absolute atomic E-state index is 13.2. The molecule has 4 heterocycles. The van der Waals surface area contributed by atoms with Crippen LogP contribution in [0.4, 0.5) is 10.5 Å². The number of rotatable bonds is 10. The Balaban J connectivity index is 1.42. The molecule has 0 bridgehead atoms. The highest BCUT2D eigenvalue weighted by Crippen LogP contribution is 2.35. The number of nitrogens with one attached hydrogen (secondary N) is 2. The number of carbonyl (C=O) groups is 4. The van der Waals surface area contributed by atoms with Crippen LogP contribution >= 0.6 is 0 Å². The lowest BCUT2D eigenvalue weighted by Gasteiger charge is -2.29. The molecule has 49 heavy (non-hydrogen) atoms. The van der Waals surface area contributed by atoms with Crippen molar-refractivity contribution in [3.05, 3.63) is 88.9 Å². The fraction of sp³-hybridized carbons (Fsp3) is 0.324. The Bertz CT molecular complexity index is 1900. The first-order chi connectivity index (χ1) is 23.4. The first kappa shape index (κ1) is 34.7. The van der Waals surface area contributed by atoms with E-state index >= 15 is 0 Å². The van der Waals surface area contributed by atoms with E-state index < -0.39 is 17.6 Å². The minimum Gasteiger partial charge on any atom is -0.481 e. The van der Waals surface area contributed by atoms with E-state index in [9.17, 15) is 19.2 Å². The normalized spacial score (nSPS) is 14.2. The van der Waals surface area contributed by atoms with E-state index in [1.807, 2.05) is 65.0 Å². The summed E-state index contributed by atoms with van der Waals surface area (Å²) in [5, 5.41) is 5.83. The Morgan fingerprint density at radius 3 is 2.51 bits per heavy atom. The van der Waals surface area contributed by atoms with Crippen LogP contribution in [0.15, 0.2) is 60.9 Å². The largest absolute Gasteiger partial charge is 0.481 e. The van der Waals surface area contributed by atoms with Gasteiger partial charge in [0.15, 0.2) is 0 Å². The molecule has 12 heteroatoms. The third-order valence-corrected chi connectivity index (χ3v) is 8.14. The summed E-state index contributed by atoms with van der Waals surface area (Å²) in [6.45, 7) is 9.75. The molecule has 0 radical (unpaired) electrons. The zero-order chi connectivity index (χ0) is 35.3. The summed E-state index contributed by atoms with van der Waals surface area (Å²) in [4.78, 5) is 64.4. The van der Waals surface area contributed by atoms with Gasteiger partial charge in [-0.3, -0.25) is 24.4 Å².